The van der Waals surface area contributed by atoms with E-state index in [0.717, 1.165) is 27.7 Å². The number of rotatable bonds is 12. The molecule has 9 heteroatoms. The van der Waals surface area contributed by atoms with Crippen molar-refractivity contribution in [3.63, 3.8) is 0 Å². The van der Waals surface area contributed by atoms with E-state index in [1.54, 1.807) is 32.3 Å². The highest BCUT2D eigenvalue weighted by Crippen LogP contribution is 2.36. The van der Waals surface area contributed by atoms with Gasteiger partial charge in [-0.1, -0.05) is 38.1 Å². The topological polar surface area (TPSA) is 107 Å². The van der Waals surface area contributed by atoms with Gasteiger partial charge in [0.05, 0.1) is 34.9 Å². The Morgan fingerprint density at radius 1 is 0.978 bits per heavy atom. The van der Waals surface area contributed by atoms with E-state index < -0.39 is 17.2 Å². The van der Waals surface area contributed by atoms with Crippen LogP contribution in [0.15, 0.2) is 73.2 Å². The molecule has 3 heterocycles. The third-order valence-corrected chi connectivity index (χ3v) is 7.74. The summed E-state index contributed by atoms with van der Waals surface area (Å²) in [4.78, 5) is 39.0. The molecule has 0 saturated carbocycles. The number of halogens is 1. The minimum Gasteiger partial charge on any atom is -0.487 e. The summed E-state index contributed by atoms with van der Waals surface area (Å²) in [7, 11) is 0. The predicted molar refractivity (Wildman–Crippen MR) is 171 cm³/mol. The number of carbonyl (C=O) groups excluding carboxylic acids is 1. The third kappa shape index (κ3) is 7.25. The lowest BCUT2D eigenvalue weighted by Gasteiger charge is -2.22. The van der Waals surface area contributed by atoms with Gasteiger partial charge in [0.25, 0.3) is 0 Å². The Bertz CT molecular complexity index is 1830. The van der Waals surface area contributed by atoms with E-state index in [2.05, 4.69) is 15.0 Å². The molecule has 0 amide bonds. The van der Waals surface area contributed by atoms with Crippen LogP contribution >= 0.6 is 0 Å². The monoisotopic (exact) mass is 608 g/mol. The number of fused-ring (bicyclic) bond motifs is 1. The summed E-state index contributed by atoms with van der Waals surface area (Å²) in [6, 6.07) is 16.4. The molecule has 0 aliphatic heterocycles. The maximum atomic E-state index is 13.9. The molecule has 0 unspecified atom stereocenters. The number of aryl methyl sites for hydroxylation is 1. The third-order valence-electron chi connectivity index (χ3n) is 7.74. The van der Waals surface area contributed by atoms with Crippen molar-refractivity contribution in [2.24, 2.45) is 11.3 Å². The molecule has 5 rings (SSSR count). The number of aliphatic carboxylic acids is 1. The summed E-state index contributed by atoms with van der Waals surface area (Å²) in [5, 5.41) is 10.8. The van der Waals surface area contributed by atoms with Crippen LogP contribution < -0.4 is 4.74 Å². The number of carbonyl (C=O) groups is 2. The summed E-state index contributed by atoms with van der Waals surface area (Å²) in [6.07, 6.45) is 5.02. The molecule has 2 aromatic carbocycles. The molecule has 0 radical (unpaired) electrons. The minimum absolute atomic E-state index is 0.0378. The highest BCUT2D eigenvalue weighted by Gasteiger charge is 2.33. The minimum atomic E-state index is -1.12. The number of nitrogens with zero attached hydrogens (tertiary/aromatic N) is 4. The molecule has 0 spiro atoms. The first-order valence-electron chi connectivity index (χ1n) is 14.9. The fourth-order valence-corrected chi connectivity index (χ4v) is 5.28. The van der Waals surface area contributed by atoms with Crippen molar-refractivity contribution in [1.82, 2.24) is 19.5 Å². The predicted octanol–water partition coefficient (Wildman–Crippen LogP) is 7.45. The van der Waals surface area contributed by atoms with Crippen LogP contribution in [0.1, 0.15) is 67.1 Å². The molecular formula is C36H37FN4O4. The molecule has 45 heavy (non-hydrogen) atoms. The Morgan fingerprint density at radius 3 is 2.36 bits per heavy atom. The Labute approximate surface area is 262 Å². The quantitative estimate of drug-likeness (QED) is 0.147. The summed E-state index contributed by atoms with van der Waals surface area (Å²) in [6.45, 7) is 9.83. The molecule has 0 bridgehead atoms. The zero-order chi connectivity index (χ0) is 32.3. The number of carboxylic acids is 1. The summed E-state index contributed by atoms with van der Waals surface area (Å²) >= 11 is 0. The SMILES string of the molecule is Cc1cnc(COc2ccc3c(c2)c(C(=O)CC(C)C)c(CC(C)(C)C(=O)O)n3Cc2ccc(-c3ccc(F)cn3)cc2)cn1. The molecule has 0 aliphatic carbocycles. The van der Waals surface area contributed by atoms with Gasteiger partial charge in [0.1, 0.15) is 18.2 Å². The first kappa shape index (κ1) is 31.5. The Morgan fingerprint density at radius 2 is 1.73 bits per heavy atom. The van der Waals surface area contributed by atoms with Gasteiger partial charge in [-0.2, -0.15) is 0 Å². The molecule has 0 atom stereocenters. The summed E-state index contributed by atoms with van der Waals surface area (Å²) < 4.78 is 21.5. The fourth-order valence-electron chi connectivity index (χ4n) is 5.28. The Kier molecular flexibility index (Phi) is 9.09. The van der Waals surface area contributed by atoms with Crippen molar-refractivity contribution in [3.8, 4) is 17.0 Å². The number of carboxylic acid groups (broad SMARTS) is 1. The number of benzene rings is 2. The average molecular weight is 609 g/mol. The van der Waals surface area contributed by atoms with Crippen molar-refractivity contribution in [1.29, 1.82) is 0 Å². The van der Waals surface area contributed by atoms with Crippen LogP contribution in [0.4, 0.5) is 4.39 Å². The van der Waals surface area contributed by atoms with Crippen LogP contribution in [0, 0.1) is 24.1 Å². The first-order chi connectivity index (χ1) is 21.4. The van der Waals surface area contributed by atoms with Gasteiger partial charge in [0.2, 0.25) is 0 Å². The molecule has 0 aliphatic rings. The number of ether oxygens (including phenoxy) is 1. The summed E-state index contributed by atoms with van der Waals surface area (Å²) in [5.41, 5.74) is 4.83. The number of aromatic nitrogens is 4. The van der Waals surface area contributed by atoms with Crippen molar-refractivity contribution < 1.29 is 23.8 Å². The van der Waals surface area contributed by atoms with Gasteiger partial charge in [0.15, 0.2) is 5.78 Å². The molecule has 5 aromatic rings. The number of hydrogen-bond acceptors (Lipinski definition) is 6. The van der Waals surface area contributed by atoms with E-state index >= 15 is 0 Å². The van der Waals surface area contributed by atoms with Gasteiger partial charge in [-0.3, -0.25) is 24.5 Å². The zero-order valence-corrected chi connectivity index (χ0v) is 26.2. The second kappa shape index (κ2) is 13.0. The average Bonchev–Trinajstić information content (AvgIpc) is 3.28. The van der Waals surface area contributed by atoms with Gasteiger partial charge < -0.3 is 14.4 Å². The lowest BCUT2D eigenvalue weighted by molar-refractivity contribution is -0.146. The fraction of sp³-hybridized carbons (Fsp3) is 0.306. The molecule has 3 aromatic heterocycles. The molecular weight excluding hydrogens is 571 g/mol. The molecule has 0 saturated heterocycles. The van der Waals surface area contributed by atoms with E-state index in [0.29, 0.717) is 41.4 Å². The Hall–Kier alpha value is -4.92. The zero-order valence-electron chi connectivity index (χ0n) is 26.2. The van der Waals surface area contributed by atoms with Crippen LogP contribution in [-0.2, 0) is 24.4 Å². The lowest BCUT2D eigenvalue weighted by Crippen LogP contribution is -2.28. The standard InChI is InChI=1S/C36H37FN4O4/c1-22(2)14-33(42)34-29-15-28(45-21-27-19-38-23(3)17-39-27)11-13-31(29)41(32(34)16-36(4,5)35(43)44)20-24-6-8-25(9-7-24)30-12-10-26(37)18-40-30/h6-13,15,17-19,22H,14,16,20-21H2,1-5H3,(H,43,44). The van der Waals surface area contributed by atoms with Crippen molar-refractivity contribution in [3.05, 3.63) is 107 Å². The smallest absolute Gasteiger partial charge is 0.309 e. The molecule has 0 fully saturated rings. The summed E-state index contributed by atoms with van der Waals surface area (Å²) in [5.74, 6) is -0.693. The van der Waals surface area contributed by atoms with E-state index in [9.17, 15) is 19.1 Å². The van der Waals surface area contributed by atoms with Crippen molar-refractivity contribution in [2.45, 2.75) is 60.6 Å². The number of ketones is 1. The maximum absolute atomic E-state index is 13.9. The highest BCUT2D eigenvalue weighted by atomic mass is 19.1. The van der Waals surface area contributed by atoms with E-state index in [4.69, 9.17) is 4.74 Å². The van der Waals surface area contributed by atoms with E-state index in [1.807, 2.05) is 67.8 Å². The van der Waals surface area contributed by atoms with E-state index in [-0.39, 0.29) is 24.7 Å². The second-order valence-corrected chi connectivity index (χ2v) is 12.5. The van der Waals surface area contributed by atoms with Gasteiger partial charge >= 0.3 is 5.97 Å². The van der Waals surface area contributed by atoms with Crippen LogP contribution in [-0.4, -0.2) is 36.4 Å². The van der Waals surface area contributed by atoms with Gasteiger partial charge in [-0.15, -0.1) is 0 Å². The number of Topliss-reactive ketones (excluding diaryl/α,β-unsaturated/α-hetero) is 1. The maximum Gasteiger partial charge on any atom is 0.309 e. The van der Waals surface area contributed by atoms with Crippen LogP contribution in [0.3, 0.4) is 0 Å². The van der Waals surface area contributed by atoms with E-state index in [1.165, 1.54) is 12.3 Å². The van der Waals surface area contributed by atoms with Crippen LogP contribution in [0.5, 0.6) is 5.75 Å². The van der Waals surface area contributed by atoms with Crippen molar-refractivity contribution in [2.75, 3.05) is 0 Å². The first-order valence-corrected chi connectivity index (χ1v) is 14.9. The number of pyridine rings is 1. The normalized spacial score (nSPS) is 11.7. The Balaban J connectivity index is 1.59. The van der Waals surface area contributed by atoms with Crippen LogP contribution in [0.2, 0.25) is 0 Å². The molecule has 1 N–H and O–H groups in total. The van der Waals surface area contributed by atoms with Gasteiger partial charge in [-0.25, -0.2) is 4.39 Å². The lowest BCUT2D eigenvalue weighted by atomic mass is 9.85. The van der Waals surface area contributed by atoms with Crippen molar-refractivity contribution >= 4 is 22.7 Å². The largest absolute Gasteiger partial charge is 0.487 e. The highest BCUT2D eigenvalue weighted by molar-refractivity contribution is 6.10. The van der Waals surface area contributed by atoms with Crippen LogP contribution in [0.25, 0.3) is 22.2 Å². The molecule has 8 nitrogen and oxygen atoms in total. The van der Waals surface area contributed by atoms with Gasteiger partial charge in [-0.05, 0) is 62.6 Å². The molecule has 232 valence electrons. The van der Waals surface area contributed by atoms with Gasteiger partial charge in [0, 0.05) is 53.3 Å². The second-order valence-electron chi connectivity index (χ2n) is 12.5. The number of hydrogen-bond donors (Lipinski definition) is 1.